The molecule has 0 radical (unpaired) electrons. The van der Waals surface area contributed by atoms with Crippen LogP contribution in [0.1, 0.15) is 13.8 Å². The summed E-state index contributed by atoms with van der Waals surface area (Å²) in [7, 11) is 3.91. The van der Waals surface area contributed by atoms with Crippen molar-refractivity contribution in [1.82, 2.24) is 4.90 Å². The van der Waals surface area contributed by atoms with Gasteiger partial charge in [0.15, 0.2) is 0 Å². The number of halogens is 1. The predicted octanol–water partition coefficient (Wildman–Crippen LogP) is 2.10. The van der Waals surface area contributed by atoms with Crippen LogP contribution in [0.15, 0.2) is 12.7 Å². The van der Waals surface area contributed by atoms with E-state index in [1.165, 1.54) is 6.08 Å². The quantitative estimate of drug-likeness (QED) is 0.568. The van der Waals surface area contributed by atoms with Gasteiger partial charge in [0.1, 0.15) is 6.17 Å². The molecule has 0 aromatic heterocycles. The first-order chi connectivity index (χ1) is 5.00. The molecule has 0 aromatic rings. The lowest BCUT2D eigenvalue weighted by atomic mass is 9.97. The maximum absolute atomic E-state index is 13.0. The molecule has 3 atom stereocenters. The monoisotopic (exact) mass is 159 g/mol. The maximum Gasteiger partial charge on any atom is 0.122 e. The van der Waals surface area contributed by atoms with Crippen LogP contribution in [0.25, 0.3) is 0 Å². The van der Waals surface area contributed by atoms with Gasteiger partial charge < -0.3 is 4.90 Å². The highest BCUT2D eigenvalue weighted by Crippen LogP contribution is 2.15. The summed E-state index contributed by atoms with van der Waals surface area (Å²) in [4.78, 5) is 2.01. The summed E-state index contributed by atoms with van der Waals surface area (Å²) < 4.78 is 13.0. The van der Waals surface area contributed by atoms with Gasteiger partial charge in [0.05, 0.1) is 0 Å². The molecular formula is C9H18FN. The van der Waals surface area contributed by atoms with E-state index < -0.39 is 6.17 Å². The van der Waals surface area contributed by atoms with Gasteiger partial charge in [0, 0.05) is 12.0 Å². The minimum Gasteiger partial charge on any atom is -0.306 e. The standard InChI is InChI=1S/C9H18FN/c1-6-9(10)7(2)8(3)11(4)5/h6-9H,1H2,2-5H3/t7-,8-,9?/m1/s1. The summed E-state index contributed by atoms with van der Waals surface area (Å²) in [5.41, 5.74) is 0. The van der Waals surface area contributed by atoms with E-state index in [1.807, 2.05) is 32.8 Å². The first-order valence-electron chi connectivity index (χ1n) is 3.93. The van der Waals surface area contributed by atoms with Gasteiger partial charge in [-0.25, -0.2) is 4.39 Å². The molecule has 0 aliphatic carbocycles. The Morgan fingerprint density at radius 3 is 2.09 bits per heavy atom. The van der Waals surface area contributed by atoms with Crippen LogP contribution >= 0.6 is 0 Å². The molecular weight excluding hydrogens is 141 g/mol. The lowest BCUT2D eigenvalue weighted by Crippen LogP contribution is -2.35. The Labute approximate surface area is 68.9 Å². The van der Waals surface area contributed by atoms with Crippen LogP contribution in [0.3, 0.4) is 0 Å². The summed E-state index contributed by atoms with van der Waals surface area (Å²) in [6, 6.07) is 0.253. The highest BCUT2D eigenvalue weighted by Gasteiger charge is 2.20. The fourth-order valence-electron chi connectivity index (χ4n) is 0.951. The second kappa shape index (κ2) is 4.50. The van der Waals surface area contributed by atoms with Crippen LogP contribution in [0.5, 0.6) is 0 Å². The number of hydrogen-bond acceptors (Lipinski definition) is 1. The molecule has 0 aliphatic heterocycles. The molecule has 2 heteroatoms. The van der Waals surface area contributed by atoms with E-state index in [1.54, 1.807) is 0 Å². The van der Waals surface area contributed by atoms with Gasteiger partial charge in [0.2, 0.25) is 0 Å². The second-order valence-electron chi connectivity index (χ2n) is 3.24. The van der Waals surface area contributed by atoms with Gasteiger partial charge >= 0.3 is 0 Å². The molecule has 0 aliphatic rings. The van der Waals surface area contributed by atoms with E-state index in [-0.39, 0.29) is 12.0 Å². The van der Waals surface area contributed by atoms with E-state index in [0.29, 0.717) is 0 Å². The van der Waals surface area contributed by atoms with Gasteiger partial charge in [-0.15, -0.1) is 6.58 Å². The van der Waals surface area contributed by atoms with Gasteiger partial charge in [-0.2, -0.15) is 0 Å². The summed E-state index contributed by atoms with van der Waals surface area (Å²) in [6.45, 7) is 7.34. The third kappa shape index (κ3) is 3.02. The molecule has 1 unspecified atom stereocenters. The first kappa shape index (κ1) is 10.6. The summed E-state index contributed by atoms with van der Waals surface area (Å²) in [5, 5.41) is 0. The van der Waals surface area contributed by atoms with Crippen molar-refractivity contribution in [1.29, 1.82) is 0 Å². The molecule has 0 saturated heterocycles. The highest BCUT2D eigenvalue weighted by atomic mass is 19.1. The largest absolute Gasteiger partial charge is 0.306 e. The zero-order valence-electron chi connectivity index (χ0n) is 7.84. The van der Waals surface area contributed by atoms with Gasteiger partial charge in [0.25, 0.3) is 0 Å². The summed E-state index contributed by atoms with van der Waals surface area (Å²) in [5.74, 6) is 0.0162. The molecule has 0 amide bonds. The Balaban J connectivity index is 4.00. The van der Waals surface area contributed by atoms with E-state index >= 15 is 0 Å². The van der Waals surface area contributed by atoms with Gasteiger partial charge in [-0.05, 0) is 21.0 Å². The number of hydrogen-bond donors (Lipinski definition) is 0. The van der Waals surface area contributed by atoms with Crippen molar-refractivity contribution in [2.24, 2.45) is 5.92 Å². The van der Waals surface area contributed by atoms with Crippen molar-refractivity contribution in [3.05, 3.63) is 12.7 Å². The number of rotatable bonds is 4. The van der Waals surface area contributed by atoms with Crippen LogP contribution in [-0.4, -0.2) is 31.2 Å². The minimum absolute atomic E-state index is 0.0162. The van der Waals surface area contributed by atoms with Crippen LogP contribution in [0, 0.1) is 5.92 Å². The molecule has 0 heterocycles. The highest BCUT2D eigenvalue weighted by molar-refractivity contribution is 4.87. The fraction of sp³-hybridized carbons (Fsp3) is 0.778. The van der Waals surface area contributed by atoms with Gasteiger partial charge in [-0.1, -0.05) is 13.0 Å². The molecule has 0 spiro atoms. The average molecular weight is 159 g/mol. The van der Waals surface area contributed by atoms with Crippen LogP contribution in [0.2, 0.25) is 0 Å². The Morgan fingerprint density at radius 2 is 1.82 bits per heavy atom. The van der Waals surface area contributed by atoms with E-state index in [4.69, 9.17) is 0 Å². The normalized spacial score (nSPS) is 19.5. The third-order valence-electron chi connectivity index (χ3n) is 2.30. The molecule has 0 N–H and O–H groups in total. The number of allylic oxidation sites excluding steroid dienone is 1. The van der Waals surface area contributed by atoms with E-state index in [2.05, 4.69) is 6.58 Å². The zero-order chi connectivity index (χ0) is 9.02. The molecule has 0 saturated carbocycles. The van der Waals surface area contributed by atoms with Gasteiger partial charge in [-0.3, -0.25) is 0 Å². The summed E-state index contributed by atoms with van der Waals surface area (Å²) >= 11 is 0. The minimum atomic E-state index is -0.896. The van der Waals surface area contributed by atoms with Crippen molar-refractivity contribution >= 4 is 0 Å². The number of nitrogens with zero attached hydrogens (tertiary/aromatic N) is 1. The topological polar surface area (TPSA) is 3.24 Å². The van der Waals surface area contributed by atoms with Crippen LogP contribution in [0.4, 0.5) is 4.39 Å². The van der Waals surface area contributed by atoms with Crippen molar-refractivity contribution in [2.45, 2.75) is 26.1 Å². The molecule has 0 aromatic carbocycles. The zero-order valence-corrected chi connectivity index (χ0v) is 7.84. The third-order valence-corrected chi connectivity index (χ3v) is 2.30. The molecule has 0 fully saturated rings. The molecule has 1 nitrogen and oxygen atoms in total. The summed E-state index contributed by atoms with van der Waals surface area (Å²) in [6.07, 6.45) is 0.470. The Bertz CT molecular complexity index is 123. The van der Waals surface area contributed by atoms with Crippen LogP contribution < -0.4 is 0 Å². The van der Waals surface area contributed by atoms with Crippen molar-refractivity contribution in [2.75, 3.05) is 14.1 Å². The SMILES string of the molecule is C=CC(F)[C@H](C)[C@@H](C)N(C)C. The average Bonchev–Trinajstić information content (AvgIpc) is 2.00. The van der Waals surface area contributed by atoms with Crippen LogP contribution in [-0.2, 0) is 0 Å². The Kier molecular flexibility index (Phi) is 4.34. The van der Waals surface area contributed by atoms with Crippen molar-refractivity contribution in [3.8, 4) is 0 Å². The maximum atomic E-state index is 13.0. The fourth-order valence-corrected chi connectivity index (χ4v) is 0.951. The molecule has 0 rings (SSSR count). The molecule has 0 bridgehead atoms. The van der Waals surface area contributed by atoms with Crippen molar-refractivity contribution in [3.63, 3.8) is 0 Å². The Hall–Kier alpha value is -0.370. The molecule has 66 valence electrons. The lowest BCUT2D eigenvalue weighted by molar-refractivity contribution is 0.172. The van der Waals surface area contributed by atoms with E-state index in [0.717, 1.165) is 0 Å². The Morgan fingerprint density at radius 1 is 1.36 bits per heavy atom. The predicted molar refractivity (Wildman–Crippen MR) is 47.4 cm³/mol. The molecule has 11 heavy (non-hydrogen) atoms. The van der Waals surface area contributed by atoms with Crippen molar-refractivity contribution < 1.29 is 4.39 Å². The smallest absolute Gasteiger partial charge is 0.122 e. The second-order valence-corrected chi connectivity index (χ2v) is 3.24. The first-order valence-corrected chi connectivity index (χ1v) is 3.93. The number of alkyl halides is 1. The lowest BCUT2D eigenvalue weighted by Gasteiger charge is -2.27. The van der Waals surface area contributed by atoms with E-state index in [9.17, 15) is 4.39 Å².